The van der Waals surface area contributed by atoms with Crippen molar-refractivity contribution in [2.75, 3.05) is 13.2 Å². The van der Waals surface area contributed by atoms with Crippen LogP contribution in [0.1, 0.15) is 25.3 Å². The molecular formula is C23H21NO6. The van der Waals surface area contributed by atoms with Crippen LogP contribution in [0.2, 0.25) is 0 Å². The smallest absolute Gasteiger partial charge is 0.333 e. The molecule has 0 aliphatic rings. The van der Waals surface area contributed by atoms with Crippen molar-refractivity contribution < 1.29 is 28.6 Å². The second kappa shape index (κ2) is 11.2. The molecule has 0 N–H and O–H groups in total. The molecule has 0 radical (unpaired) electrons. The van der Waals surface area contributed by atoms with E-state index in [1.807, 2.05) is 12.1 Å². The van der Waals surface area contributed by atoms with E-state index >= 15 is 0 Å². The van der Waals surface area contributed by atoms with Crippen LogP contribution in [0.25, 0.3) is 11.1 Å². The minimum absolute atomic E-state index is 0.0759. The number of carbonyl (C=O) groups excluding carboxylic acids is 3. The van der Waals surface area contributed by atoms with E-state index in [2.05, 4.69) is 12.6 Å². The summed E-state index contributed by atoms with van der Waals surface area (Å²) in [5.41, 5.74) is 2.68. The van der Waals surface area contributed by atoms with Crippen LogP contribution < -0.4 is 4.74 Å². The van der Waals surface area contributed by atoms with Gasteiger partial charge in [-0.1, -0.05) is 30.8 Å². The van der Waals surface area contributed by atoms with Crippen LogP contribution in [0, 0.1) is 11.3 Å². The third-order valence-electron chi connectivity index (χ3n) is 3.89. The van der Waals surface area contributed by atoms with Gasteiger partial charge in [0.25, 0.3) is 0 Å². The SMILES string of the molecule is C=C(C)C(=O)OCCOC(=O)CCC(=O)Oc1ccc(-c2ccc(C#N)cc2)cc1. The highest BCUT2D eigenvalue weighted by Crippen LogP contribution is 2.23. The van der Waals surface area contributed by atoms with Crippen LogP contribution in [-0.2, 0) is 23.9 Å². The summed E-state index contributed by atoms with van der Waals surface area (Å²) < 4.78 is 14.9. The van der Waals surface area contributed by atoms with Gasteiger partial charge in [-0.25, -0.2) is 4.79 Å². The molecule has 2 rings (SSSR count). The first-order valence-corrected chi connectivity index (χ1v) is 9.18. The summed E-state index contributed by atoms with van der Waals surface area (Å²) in [4.78, 5) is 34.7. The highest BCUT2D eigenvalue weighted by molar-refractivity contribution is 5.86. The van der Waals surface area contributed by atoms with Gasteiger partial charge in [-0.15, -0.1) is 0 Å². The fourth-order valence-electron chi connectivity index (χ4n) is 2.32. The first-order chi connectivity index (χ1) is 14.4. The molecule has 2 aromatic rings. The topological polar surface area (TPSA) is 103 Å². The van der Waals surface area contributed by atoms with Crippen molar-refractivity contribution in [2.45, 2.75) is 19.8 Å². The number of hydrogen-bond donors (Lipinski definition) is 0. The molecule has 0 aliphatic carbocycles. The van der Waals surface area contributed by atoms with Gasteiger partial charge in [-0.05, 0) is 42.3 Å². The van der Waals surface area contributed by atoms with Crippen molar-refractivity contribution in [1.29, 1.82) is 5.26 Å². The molecule has 0 bridgehead atoms. The lowest BCUT2D eigenvalue weighted by atomic mass is 10.0. The molecule has 30 heavy (non-hydrogen) atoms. The molecule has 0 unspecified atom stereocenters. The van der Waals surface area contributed by atoms with Crippen molar-refractivity contribution >= 4 is 17.9 Å². The summed E-state index contributed by atoms with van der Waals surface area (Å²) in [6.45, 7) is 4.78. The molecule has 0 fully saturated rings. The molecule has 0 amide bonds. The molecule has 154 valence electrons. The zero-order valence-electron chi connectivity index (χ0n) is 16.6. The van der Waals surface area contributed by atoms with E-state index in [1.54, 1.807) is 36.4 Å². The molecule has 2 aromatic carbocycles. The van der Waals surface area contributed by atoms with E-state index in [9.17, 15) is 14.4 Å². The standard InChI is InChI=1S/C23H21NO6/c1-16(2)23(27)29-14-13-28-21(25)11-12-22(26)30-20-9-7-19(8-10-20)18-5-3-17(15-24)4-6-18/h3-10H,1,11-14H2,2H3. The lowest BCUT2D eigenvalue weighted by Crippen LogP contribution is -2.16. The number of hydrogen-bond acceptors (Lipinski definition) is 7. The third kappa shape index (κ3) is 7.24. The van der Waals surface area contributed by atoms with E-state index in [0.717, 1.165) is 11.1 Å². The summed E-state index contributed by atoms with van der Waals surface area (Å²) in [5.74, 6) is -1.35. The first-order valence-electron chi connectivity index (χ1n) is 9.18. The second-order valence-electron chi connectivity index (χ2n) is 6.32. The summed E-state index contributed by atoms with van der Waals surface area (Å²) >= 11 is 0. The maximum atomic E-state index is 11.9. The maximum Gasteiger partial charge on any atom is 0.333 e. The van der Waals surface area contributed by atoms with Crippen molar-refractivity contribution in [2.24, 2.45) is 0 Å². The zero-order valence-corrected chi connectivity index (χ0v) is 16.6. The fraction of sp³-hybridized carbons (Fsp3) is 0.217. The van der Waals surface area contributed by atoms with E-state index < -0.39 is 17.9 Å². The molecule has 7 nitrogen and oxygen atoms in total. The second-order valence-corrected chi connectivity index (χ2v) is 6.32. The Morgan fingerprint density at radius 2 is 1.40 bits per heavy atom. The van der Waals surface area contributed by atoms with Crippen LogP contribution >= 0.6 is 0 Å². The van der Waals surface area contributed by atoms with E-state index in [-0.39, 0.29) is 31.6 Å². The highest BCUT2D eigenvalue weighted by Gasteiger charge is 2.11. The minimum Gasteiger partial charge on any atom is -0.462 e. The Hall–Kier alpha value is -3.92. The molecule has 0 aliphatic heterocycles. The van der Waals surface area contributed by atoms with Crippen LogP contribution in [0.15, 0.2) is 60.7 Å². The van der Waals surface area contributed by atoms with E-state index in [4.69, 9.17) is 19.5 Å². The van der Waals surface area contributed by atoms with Crippen molar-refractivity contribution in [3.8, 4) is 22.9 Å². The van der Waals surface area contributed by atoms with Gasteiger partial charge in [0.05, 0.1) is 24.5 Å². The predicted octanol–water partition coefficient (Wildman–Crippen LogP) is 3.57. The molecule has 0 saturated carbocycles. The molecule has 0 saturated heterocycles. The van der Waals surface area contributed by atoms with Gasteiger partial charge in [-0.3, -0.25) is 9.59 Å². The molecule has 0 aromatic heterocycles. The van der Waals surface area contributed by atoms with Gasteiger partial charge in [0.15, 0.2) is 0 Å². The average molecular weight is 407 g/mol. The van der Waals surface area contributed by atoms with Gasteiger partial charge in [0.1, 0.15) is 19.0 Å². The van der Waals surface area contributed by atoms with Gasteiger partial charge in [0.2, 0.25) is 0 Å². The number of carbonyl (C=O) groups is 3. The monoisotopic (exact) mass is 407 g/mol. The van der Waals surface area contributed by atoms with E-state index in [1.165, 1.54) is 6.92 Å². The number of esters is 3. The van der Waals surface area contributed by atoms with Gasteiger partial charge < -0.3 is 14.2 Å². The number of ether oxygens (including phenoxy) is 3. The number of nitrogens with zero attached hydrogens (tertiary/aromatic N) is 1. The molecule has 0 spiro atoms. The highest BCUT2D eigenvalue weighted by atomic mass is 16.6. The largest absolute Gasteiger partial charge is 0.462 e. The van der Waals surface area contributed by atoms with Crippen molar-refractivity contribution in [3.63, 3.8) is 0 Å². The Balaban J connectivity index is 1.73. The zero-order chi connectivity index (χ0) is 21.9. The Bertz CT molecular complexity index is 955. The number of nitriles is 1. The van der Waals surface area contributed by atoms with Gasteiger partial charge in [0, 0.05) is 5.57 Å². The lowest BCUT2D eigenvalue weighted by Gasteiger charge is -2.07. The lowest BCUT2D eigenvalue weighted by molar-refractivity contribution is -0.151. The average Bonchev–Trinajstić information content (AvgIpc) is 2.75. The molecule has 7 heteroatoms. The van der Waals surface area contributed by atoms with Crippen LogP contribution in [0.4, 0.5) is 0 Å². The van der Waals surface area contributed by atoms with Gasteiger partial charge >= 0.3 is 17.9 Å². The number of rotatable bonds is 9. The molecule has 0 atom stereocenters. The maximum absolute atomic E-state index is 11.9. The minimum atomic E-state index is -0.588. The Morgan fingerprint density at radius 1 is 0.867 bits per heavy atom. The fourth-order valence-corrected chi connectivity index (χ4v) is 2.32. The normalized spacial score (nSPS) is 9.87. The Labute approximate surface area is 174 Å². The number of benzene rings is 2. The molecule has 0 heterocycles. The quantitative estimate of drug-likeness (QED) is 0.271. The Morgan fingerprint density at radius 3 is 1.97 bits per heavy atom. The summed E-state index contributed by atoms with van der Waals surface area (Å²) in [6, 6.07) is 16.1. The first kappa shape index (κ1) is 22.4. The molecular weight excluding hydrogens is 386 g/mol. The van der Waals surface area contributed by atoms with E-state index in [0.29, 0.717) is 11.3 Å². The van der Waals surface area contributed by atoms with Crippen LogP contribution in [0.3, 0.4) is 0 Å². The third-order valence-corrected chi connectivity index (χ3v) is 3.89. The summed E-state index contributed by atoms with van der Waals surface area (Å²) in [7, 11) is 0. The van der Waals surface area contributed by atoms with Crippen molar-refractivity contribution in [1.82, 2.24) is 0 Å². The van der Waals surface area contributed by atoms with Gasteiger partial charge in [-0.2, -0.15) is 5.26 Å². The predicted molar refractivity (Wildman–Crippen MR) is 108 cm³/mol. The van der Waals surface area contributed by atoms with Crippen molar-refractivity contribution in [3.05, 3.63) is 66.2 Å². The van der Waals surface area contributed by atoms with Crippen LogP contribution in [-0.4, -0.2) is 31.1 Å². The van der Waals surface area contributed by atoms with Crippen LogP contribution in [0.5, 0.6) is 5.75 Å². The Kier molecular flexibility index (Phi) is 8.33. The summed E-state index contributed by atoms with van der Waals surface area (Å²) in [5, 5.41) is 8.84. The summed E-state index contributed by atoms with van der Waals surface area (Å²) in [6.07, 6.45) is -0.279.